The molecule has 1 aliphatic heterocycles. The van der Waals surface area contributed by atoms with Gasteiger partial charge in [-0.2, -0.15) is 0 Å². The summed E-state index contributed by atoms with van der Waals surface area (Å²) in [5.41, 5.74) is 1.75. The number of dihydropyridines is 1. The van der Waals surface area contributed by atoms with Gasteiger partial charge in [-0.05, 0) is 57.1 Å². The van der Waals surface area contributed by atoms with Crippen molar-refractivity contribution in [2.45, 2.75) is 58.0 Å². The standard InChI is InChI=1S/C28H29NO7/c1-14-12-19-24(26(31)21(14)27(32)34-3)23(18-13-35-20-11-7-6-10-17(20)25(18)30)22(15(2)29-19)28(33)36-16-8-4-5-9-16/h6-7,10-11,13-14,16,21,23,29H,4-5,8-9,12H2,1-3H3/t14-,21-,23+/m1/s1. The summed E-state index contributed by atoms with van der Waals surface area (Å²) < 4.78 is 16.6. The average Bonchev–Trinajstić information content (AvgIpc) is 3.36. The van der Waals surface area contributed by atoms with Gasteiger partial charge in [-0.3, -0.25) is 14.4 Å². The number of para-hydroxylation sites is 1. The molecular formula is C28H29NO7. The van der Waals surface area contributed by atoms with Crippen LogP contribution in [-0.4, -0.2) is 30.9 Å². The van der Waals surface area contributed by atoms with Crippen molar-refractivity contribution in [3.8, 4) is 0 Å². The first-order valence-corrected chi connectivity index (χ1v) is 12.4. The summed E-state index contributed by atoms with van der Waals surface area (Å²) >= 11 is 0. The fourth-order valence-corrected chi connectivity index (χ4v) is 5.78. The Morgan fingerprint density at radius 1 is 1.11 bits per heavy atom. The van der Waals surface area contributed by atoms with E-state index in [0.717, 1.165) is 25.7 Å². The summed E-state index contributed by atoms with van der Waals surface area (Å²) in [6.07, 6.45) is 5.04. The summed E-state index contributed by atoms with van der Waals surface area (Å²) in [5, 5.41) is 3.57. The molecule has 0 bridgehead atoms. The van der Waals surface area contributed by atoms with Crippen molar-refractivity contribution < 1.29 is 28.3 Å². The highest BCUT2D eigenvalue weighted by molar-refractivity contribution is 6.12. The van der Waals surface area contributed by atoms with Crippen LogP contribution in [-0.2, 0) is 23.9 Å². The van der Waals surface area contributed by atoms with Crippen molar-refractivity contribution in [1.29, 1.82) is 0 Å². The quantitative estimate of drug-likeness (QED) is 0.506. The maximum Gasteiger partial charge on any atom is 0.337 e. The predicted molar refractivity (Wildman–Crippen MR) is 131 cm³/mol. The van der Waals surface area contributed by atoms with E-state index in [1.54, 1.807) is 31.2 Å². The minimum atomic E-state index is -1.03. The lowest BCUT2D eigenvalue weighted by atomic mass is 9.69. The zero-order chi connectivity index (χ0) is 25.6. The number of rotatable bonds is 4. The second-order valence-electron chi connectivity index (χ2n) is 9.86. The third-order valence-corrected chi connectivity index (χ3v) is 7.56. The zero-order valence-corrected chi connectivity index (χ0v) is 20.6. The van der Waals surface area contributed by atoms with E-state index in [9.17, 15) is 19.2 Å². The van der Waals surface area contributed by atoms with Gasteiger partial charge in [0.05, 0.1) is 30.3 Å². The highest BCUT2D eigenvalue weighted by Gasteiger charge is 2.48. The third kappa shape index (κ3) is 3.94. The van der Waals surface area contributed by atoms with Crippen LogP contribution in [0.1, 0.15) is 57.4 Å². The molecule has 2 aliphatic carbocycles. The molecule has 0 radical (unpaired) electrons. The van der Waals surface area contributed by atoms with E-state index in [-0.39, 0.29) is 34.2 Å². The van der Waals surface area contributed by atoms with E-state index < -0.39 is 29.6 Å². The molecular weight excluding hydrogens is 462 g/mol. The molecule has 2 aromatic rings. The summed E-state index contributed by atoms with van der Waals surface area (Å²) in [5.74, 6) is -4.04. The summed E-state index contributed by atoms with van der Waals surface area (Å²) in [6.45, 7) is 3.56. The first-order valence-electron chi connectivity index (χ1n) is 12.4. The van der Waals surface area contributed by atoms with E-state index >= 15 is 0 Å². The molecule has 1 saturated carbocycles. The highest BCUT2D eigenvalue weighted by Crippen LogP contribution is 2.45. The number of ketones is 1. The van der Waals surface area contributed by atoms with Gasteiger partial charge in [0.25, 0.3) is 0 Å². The molecule has 1 N–H and O–H groups in total. The lowest BCUT2D eigenvalue weighted by molar-refractivity contribution is -0.151. The van der Waals surface area contributed by atoms with Crippen LogP contribution in [0.15, 0.2) is 62.3 Å². The van der Waals surface area contributed by atoms with Gasteiger partial charge in [-0.25, -0.2) is 4.79 Å². The Morgan fingerprint density at radius 3 is 2.56 bits per heavy atom. The molecule has 0 unspecified atom stereocenters. The minimum Gasteiger partial charge on any atom is -0.468 e. The Kier molecular flexibility index (Phi) is 6.28. The molecule has 8 heteroatoms. The maximum atomic E-state index is 13.8. The Hall–Kier alpha value is -3.68. The van der Waals surface area contributed by atoms with Crippen molar-refractivity contribution in [1.82, 2.24) is 5.32 Å². The SMILES string of the molecule is COC(=O)[C@H]1C(=O)C2=C(C[C@H]1C)NC(C)=C(C(=O)OC1CCCC1)[C@@H]2c1coc2ccccc2c1=O. The molecule has 3 aliphatic rings. The molecule has 8 nitrogen and oxygen atoms in total. The first kappa shape index (κ1) is 24.0. The van der Waals surface area contributed by atoms with Crippen LogP contribution in [0.3, 0.4) is 0 Å². The lowest BCUT2D eigenvalue weighted by Crippen LogP contribution is -2.44. The maximum absolute atomic E-state index is 13.8. The number of fused-ring (bicyclic) bond motifs is 1. The fourth-order valence-electron chi connectivity index (χ4n) is 5.78. The van der Waals surface area contributed by atoms with Crippen LogP contribution in [0.5, 0.6) is 0 Å². The molecule has 188 valence electrons. The fraction of sp³-hybridized carbons (Fsp3) is 0.429. The number of benzene rings is 1. The molecule has 1 aromatic heterocycles. The van der Waals surface area contributed by atoms with Crippen LogP contribution in [0.2, 0.25) is 0 Å². The molecule has 0 amide bonds. The van der Waals surface area contributed by atoms with Crippen LogP contribution in [0.4, 0.5) is 0 Å². The molecule has 1 fully saturated rings. The van der Waals surface area contributed by atoms with Crippen molar-refractivity contribution in [3.63, 3.8) is 0 Å². The number of esters is 2. The van der Waals surface area contributed by atoms with Gasteiger partial charge in [-0.1, -0.05) is 19.1 Å². The topological polar surface area (TPSA) is 112 Å². The van der Waals surface area contributed by atoms with Gasteiger partial charge < -0.3 is 19.2 Å². The minimum absolute atomic E-state index is 0.159. The van der Waals surface area contributed by atoms with Gasteiger partial charge in [-0.15, -0.1) is 0 Å². The highest BCUT2D eigenvalue weighted by atomic mass is 16.5. The van der Waals surface area contributed by atoms with Crippen molar-refractivity contribution >= 4 is 28.7 Å². The van der Waals surface area contributed by atoms with Crippen molar-refractivity contribution in [2.24, 2.45) is 11.8 Å². The second kappa shape index (κ2) is 9.41. The van der Waals surface area contributed by atoms with Gasteiger partial charge >= 0.3 is 11.9 Å². The number of carbonyl (C=O) groups excluding carboxylic acids is 3. The molecule has 0 spiro atoms. The van der Waals surface area contributed by atoms with Gasteiger partial charge in [0.15, 0.2) is 11.2 Å². The molecule has 1 aromatic carbocycles. The Bertz CT molecular complexity index is 1380. The first-order chi connectivity index (χ1) is 17.3. The Morgan fingerprint density at radius 2 is 1.83 bits per heavy atom. The lowest BCUT2D eigenvalue weighted by Gasteiger charge is -2.38. The van der Waals surface area contributed by atoms with E-state index in [1.165, 1.54) is 13.4 Å². The molecule has 3 atom stereocenters. The molecule has 5 rings (SSSR count). The monoisotopic (exact) mass is 491 g/mol. The van der Waals surface area contributed by atoms with E-state index in [4.69, 9.17) is 13.9 Å². The predicted octanol–water partition coefficient (Wildman–Crippen LogP) is 3.89. The molecule has 2 heterocycles. The van der Waals surface area contributed by atoms with Crippen LogP contribution in [0, 0.1) is 11.8 Å². The molecule has 0 saturated heterocycles. The third-order valence-electron chi connectivity index (χ3n) is 7.56. The summed E-state index contributed by atoms with van der Waals surface area (Å²) in [7, 11) is 1.25. The number of allylic oxidation sites excluding steroid dienone is 3. The molecule has 36 heavy (non-hydrogen) atoms. The smallest absolute Gasteiger partial charge is 0.337 e. The largest absolute Gasteiger partial charge is 0.468 e. The Labute approximate surface area is 208 Å². The summed E-state index contributed by atoms with van der Waals surface area (Å²) in [4.78, 5) is 53.7. The average molecular weight is 492 g/mol. The normalized spacial score (nSPS) is 24.5. The number of Topliss-reactive ketones (excluding diaryl/α,β-unsaturated/α-hetero) is 1. The zero-order valence-electron chi connectivity index (χ0n) is 20.6. The number of ether oxygens (including phenoxy) is 2. The summed E-state index contributed by atoms with van der Waals surface area (Å²) in [6, 6.07) is 6.83. The number of methoxy groups -OCH3 is 1. The van der Waals surface area contributed by atoms with Crippen LogP contribution >= 0.6 is 0 Å². The second-order valence-corrected chi connectivity index (χ2v) is 9.86. The van der Waals surface area contributed by atoms with Gasteiger partial charge in [0.2, 0.25) is 0 Å². The number of nitrogens with one attached hydrogen (secondary N) is 1. The van der Waals surface area contributed by atoms with Crippen LogP contribution < -0.4 is 10.7 Å². The number of hydrogen-bond donors (Lipinski definition) is 1. The van der Waals surface area contributed by atoms with E-state index in [2.05, 4.69) is 5.32 Å². The van der Waals surface area contributed by atoms with Crippen molar-refractivity contribution in [2.75, 3.05) is 7.11 Å². The van der Waals surface area contributed by atoms with Crippen molar-refractivity contribution in [3.05, 3.63) is 68.9 Å². The Balaban J connectivity index is 1.69. The van der Waals surface area contributed by atoms with Gasteiger partial charge in [0, 0.05) is 22.5 Å². The van der Waals surface area contributed by atoms with Gasteiger partial charge in [0.1, 0.15) is 17.6 Å². The van der Waals surface area contributed by atoms with E-state index in [1.807, 2.05) is 6.92 Å². The van der Waals surface area contributed by atoms with Crippen LogP contribution in [0.25, 0.3) is 11.0 Å². The number of carbonyl (C=O) groups is 3. The van der Waals surface area contributed by atoms with E-state index in [0.29, 0.717) is 28.8 Å². The number of hydrogen-bond acceptors (Lipinski definition) is 8.